The number of sulfonamides is 1. The highest BCUT2D eigenvalue weighted by molar-refractivity contribution is 9.10. The number of benzene rings is 1. The van der Waals surface area contributed by atoms with Gasteiger partial charge in [-0.2, -0.15) is 0 Å². The fraction of sp³-hybridized carbons (Fsp3) is 0.476. The van der Waals surface area contributed by atoms with Gasteiger partial charge in [0.1, 0.15) is 9.50 Å². The van der Waals surface area contributed by atoms with E-state index in [9.17, 15) is 8.42 Å². The molecule has 1 unspecified atom stereocenters. The Hall–Kier alpha value is -1.44. The Labute approximate surface area is 176 Å². The maximum absolute atomic E-state index is 12.7. The number of nitrogens with one attached hydrogen (secondary N) is 2. The van der Waals surface area contributed by atoms with Gasteiger partial charge in [-0.15, -0.1) is 0 Å². The molecule has 1 heterocycles. The van der Waals surface area contributed by atoms with Crippen molar-refractivity contribution < 1.29 is 8.42 Å². The summed E-state index contributed by atoms with van der Waals surface area (Å²) in [6.45, 7) is 3.90. The predicted molar refractivity (Wildman–Crippen MR) is 117 cm³/mol. The summed E-state index contributed by atoms with van der Waals surface area (Å²) < 4.78 is 28.6. The number of halogens is 1. The van der Waals surface area contributed by atoms with Crippen LogP contribution in [0.4, 0.5) is 5.69 Å². The quantitative estimate of drug-likeness (QED) is 0.540. The SMILES string of the molecule is CC(CNCc1ccccc1NS(=O)(=O)c1ccc(Br)nc1)C1CCCCC1. The van der Waals surface area contributed by atoms with Crippen molar-refractivity contribution in [2.24, 2.45) is 11.8 Å². The Morgan fingerprint density at radius 2 is 1.89 bits per heavy atom. The molecule has 0 aliphatic heterocycles. The van der Waals surface area contributed by atoms with Gasteiger partial charge in [0.05, 0.1) is 5.69 Å². The molecule has 0 bridgehead atoms. The van der Waals surface area contributed by atoms with Crippen LogP contribution >= 0.6 is 15.9 Å². The topological polar surface area (TPSA) is 71.1 Å². The lowest BCUT2D eigenvalue weighted by Crippen LogP contribution is -2.27. The Morgan fingerprint density at radius 1 is 1.14 bits per heavy atom. The third kappa shape index (κ3) is 5.78. The standard InChI is InChI=1S/C21H28BrN3O2S/c1-16(17-7-3-2-4-8-17)13-23-14-18-9-5-6-10-20(18)25-28(26,27)19-11-12-21(22)24-15-19/h5-6,9-12,15-17,23,25H,2-4,7-8,13-14H2,1H3. The number of hydrogen-bond acceptors (Lipinski definition) is 4. The van der Waals surface area contributed by atoms with Gasteiger partial charge in [-0.05, 0) is 58.1 Å². The summed E-state index contributed by atoms with van der Waals surface area (Å²) in [5.41, 5.74) is 1.54. The third-order valence-electron chi connectivity index (χ3n) is 5.51. The van der Waals surface area contributed by atoms with Crippen LogP contribution in [0.15, 0.2) is 52.1 Å². The van der Waals surface area contributed by atoms with Gasteiger partial charge in [-0.3, -0.25) is 4.72 Å². The van der Waals surface area contributed by atoms with Crippen LogP contribution in [0.5, 0.6) is 0 Å². The molecule has 1 aliphatic carbocycles. The molecule has 1 aliphatic rings. The van der Waals surface area contributed by atoms with Crippen molar-refractivity contribution in [2.75, 3.05) is 11.3 Å². The Bertz CT molecular complexity index is 865. The summed E-state index contributed by atoms with van der Waals surface area (Å²) in [6, 6.07) is 10.7. The summed E-state index contributed by atoms with van der Waals surface area (Å²) in [6.07, 6.45) is 8.09. The van der Waals surface area contributed by atoms with E-state index in [1.54, 1.807) is 12.1 Å². The third-order valence-corrected chi connectivity index (χ3v) is 7.33. The highest BCUT2D eigenvalue weighted by Gasteiger charge is 2.20. The molecule has 1 saturated carbocycles. The van der Waals surface area contributed by atoms with E-state index in [4.69, 9.17) is 0 Å². The maximum Gasteiger partial charge on any atom is 0.263 e. The number of hydrogen-bond donors (Lipinski definition) is 2. The minimum Gasteiger partial charge on any atom is -0.312 e. The smallest absolute Gasteiger partial charge is 0.263 e. The zero-order valence-corrected chi connectivity index (χ0v) is 18.6. The van der Waals surface area contributed by atoms with Crippen LogP contribution in [-0.4, -0.2) is 19.9 Å². The zero-order chi connectivity index (χ0) is 20.0. The van der Waals surface area contributed by atoms with Crippen LogP contribution in [-0.2, 0) is 16.6 Å². The van der Waals surface area contributed by atoms with Crippen LogP contribution < -0.4 is 10.0 Å². The molecule has 152 valence electrons. The average molecular weight is 466 g/mol. The van der Waals surface area contributed by atoms with Crippen molar-refractivity contribution in [1.82, 2.24) is 10.3 Å². The number of para-hydroxylation sites is 1. The van der Waals surface area contributed by atoms with Gasteiger partial charge in [0.25, 0.3) is 10.0 Å². The van der Waals surface area contributed by atoms with Crippen molar-refractivity contribution in [2.45, 2.75) is 50.5 Å². The number of anilines is 1. The molecule has 5 nitrogen and oxygen atoms in total. The molecule has 2 N–H and O–H groups in total. The number of aromatic nitrogens is 1. The minimum atomic E-state index is -3.67. The summed E-state index contributed by atoms with van der Waals surface area (Å²) >= 11 is 3.22. The first-order valence-corrected chi connectivity index (χ1v) is 12.2. The van der Waals surface area contributed by atoms with E-state index in [1.807, 2.05) is 18.2 Å². The van der Waals surface area contributed by atoms with Gasteiger partial charge in [0, 0.05) is 12.7 Å². The number of nitrogens with zero attached hydrogens (tertiary/aromatic N) is 1. The molecule has 2 aromatic rings. The summed E-state index contributed by atoms with van der Waals surface area (Å²) in [7, 11) is -3.67. The van der Waals surface area contributed by atoms with Gasteiger partial charge >= 0.3 is 0 Å². The van der Waals surface area contributed by atoms with E-state index in [0.717, 1.165) is 18.0 Å². The Balaban J connectivity index is 1.62. The van der Waals surface area contributed by atoms with Crippen LogP contribution in [0.25, 0.3) is 0 Å². The molecule has 0 amide bonds. The van der Waals surface area contributed by atoms with E-state index in [-0.39, 0.29) is 4.90 Å². The minimum absolute atomic E-state index is 0.143. The second-order valence-electron chi connectivity index (χ2n) is 7.59. The lowest BCUT2D eigenvalue weighted by atomic mass is 9.81. The van der Waals surface area contributed by atoms with Gasteiger partial charge < -0.3 is 5.32 Å². The second kappa shape index (κ2) is 9.85. The van der Waals surface area contributed by atoms with Gasteiger partial charge in [-0.1, -0.05) is 57.2 Å². The fourth-order valence-electron chi connectivity index (χ4n) is 3.80. The highest BCUT2D eigenvalue weighted by Crippen LogP contribution is 2.29. The van der Waals surface area contributed by atoms with E-state index in [0.29, 0.717) is 22.8 Å². The van der Waals surface area contributed by atoms with Gasteiger partial charge in [0.2, 0.25) is 0 Å². The monoisotopic (exact) mass is 465 g/mol. The lowest BCUT2D eigenvalue weighted by Gasteiger charge is -2.28. The number of rotatable bonds is 8. The zero-order valence-electron chi connectivity index (χ0n) is 16.2. The molecular formula is C21H28BrN3O2S. The molecule has 1 aromatic carbocycles. The van der Waals surface area contributed by atoms with Crippen molar-refractivity contribution >= 4 is 31.6 Å². The lowest BCUT2D eigenvalue weighted by molar-refractivity contribution is 0.256. The highest BCUT2D eigenvalue weighted by atomic mass is 79.9. The van der Waals surface area contributed by atoms with E-state index >= 15 is 0 Å². The Morgan fingerprint density at radius 3 is 2.61 bits per heavy atom. The molecule has 28 heavy (non-hydrogen) atoms. The molecule has 3 rings (SSSR count). The van der Waals surface area contributed by atoms with Crippen molar-refractivity contribution in [3.8, 4) is 0 Å². The molecular weight excluding hydrogens is 438 g/mol. The van der Waals surface area contributed by atoms with Crippen LogP contribution in [0.1, 0.15) is 44.6 Å². The molecule has 1 fully saturated rings. The van der Waals surface area contributed by atoms with Crippen molar-refractivity contribution in [1.29, 1.82) is 0 Å². The second-order valence-corrected chi connectivity index (χ2v) is 10.1. The van der Waals surface area contributed by atoms with Crippen molar-refractivity contribution in [3.63, 3.8) is 0 Å². The van der Waals surface area contributed by atoms with E-state index in [1.165, 1.54) is 44.4 Å². The normalized spacial score (nSPS) is 16.6. The van der Waals surface area contributed by atoms with Gasteiger partial charge in [0.15, 0.2) is 0 Å². The van der Waals surface area contributed by atoms with E-state index < -0.39 is 10.0 Å². The first-order valence-electron chi connectivity index (χ1n) is 9.89. The first kappa shape index (κ1) is 21.3. The van der Waals surface area contributed by atoms with E-state index in [2.05, 4.69) is 37.9 Å². The fourth-order valence-corrected chi connectivity index (χ4v) is 5.08. The van der Waals surface area contributed by atoms with Gasteiger partial charge in [-0.25, -0.2) is 13.4 Å². The van der Waals surface area contributed by atoms with Crippen LogP contribution in [0, 0.1) is 11.8 Å². The number of pyridine rings is 1. The van der Waals surface area contributed by atoms with Crippen LogP contribution in [0.3, 0.4) is 0 Å². The Kier molecular flexibility index (Phi) is 7.48. The molecule has 1 atom stereocenters. The molecule has 1 aromatic heterocycles. The molecule has 0 spiro atoms. The predicted octanol–water partition coefficient (Wildman–Crippen LogP) is 4.95. The van der Waals surface area contributed by atoms with Crippen molar-refractivity contribution in [3.05, 3.63) is 52.8 Å². The largest absolute Gasteiger partial charge is 0.312 e. The first-order chi connectivity index (χ1) is 13.5. The maximum atomic E-state index is 12.7. The summed E-state index contributed by atoms with van der Waals surface area (Å²) in [5, 5.41) is 3.52. The molecule has 0 radical (unpaired) electrons. The molecule has 0 saturated heterocycles. The average Bonchev–Trinajstić information content (AvgIpc) is 2.70. The summed E-state index contributed by atoms with van der Waals surface area (Å²) in [4.78, 5) is 4.15. The summed E-state index contributed by atoms with van der Waals surface area (Å²) in [5.74, 6) is 1.44. The van der Waals surface area contributed by atoms with Crippen LogP contribution in [0.2, 0.25) is 0 Å². The molecule has 7 heteroatoms.